The lowest BCUT2D eigenvalue weighted by Gasteiger charge is -2.24. The van der Waals surface area contributed by atoms with E-state index in [0.717, 1.165) is 32.9 Å². The van der Waals surface area contributed by atoms with Crippen molar-refractivity contribution >= 4 is 21.8 Å². The van der Waals surface area contributed by atoms with Crippen LogP contribution in [0.2, 0.25) is 0 Å². The van der Waals surface area contributed by atoms with Gasteiger partial charge in [-0.05, 0) is 24.1 Å². The second-order valence-electron chi connectivity index (χ2n) is 6.18. The van der Waals surface area contributed by atoms with Gasteiger partial charge in [-0.2, -0.15) is 0 Å². The lowest BCUT2D eigenvalue weighted by molar-refractivity contribution is 0.0000939. The van der Waals surface area contributed by atoms with Crippen molar-refractivity contribution in [3.05, 3.63) is 53.1 Å². The van der Waals surface area contributed by atoms with Crippen LogP contribution in [-0.4, -0.2) is 27.4 Å². The molecule has 2 aliphatic rings. The van der Waals surface area contributed by atoms with Gasteiger partial charge in [0, 0.05) is 16.3 Å². The Balaban J connectivity index is 1.91. The monoisotopic (exact) mass is 293 g/mol. The molecule has 2 heterocycles. The third-order valence-corrected chi connectivity index (χ3v) is 4.98. The summed E-state index contributed by atoms with van der Waals surface area (Å²) in [5.41, 5.74) is 4.68. The Hall–Kier alpha value is -2.01. The maximum atomic E-state index is 10.3. The molecule has 5 rings (SSSR count). The molecular formula is C18H15NO3. The van der Waals surface area contributed by atoms with Crippen molar-refractivity contribution in [3.8, 4) is 0 Å². The molecule has 1 aliphatic heterocycles. The summed E-state index contributed by atoms with van der Waals surface area (Å²) in [6, 6.07) is 12.0. The highest BCUT2D eigenvalue weighted by Gasteiger charge is 2.54. The molecule has 1 aliphatic carbocycles. The number of ether oxygens (including phenoxy) is 1. The fourth-order valence-electron chi connectivity index (χ4n) is 3.74. The molecule has 1 saturated heterocycles. The molecule has 22 heavy (non-hydrogen) atoms. The van der Waals surface area contributed by atoms with Crippen LogP contribution in [0.5, 0.6) is 0 Å². The van der Waals surface area contributed by atoms with Gasteiger partial charge in [-0.1, -0.05) is 30.3 Å². The smallest absolute Gasteiger partial charge is 0.118 e. The van der Waals surface area contributed by atoms with Crippen molar-refractivity contribution in [2.75, 3.05) is 0 Å². The van der Waals surface area contributed by atoms with E-state index in [1.54, 1.807) is 0 Å². The molecule has 0 spiro atoms. The Kier molecular flexibility index (Phi) is 2.30. The van der Waals surface area contributed by atoms with Crippen molar-refractivity contribution in [3.63, 3.8) is 0 Å². The number of epoxide rings is 1. The predicted molar refractivity (Wildman–Crippen MR) is 82.6 cm³/mol. The first-order valence-corrected chi connectivity index (χ1v) is 7.50. The van der Waals surface area contributed by atoms with Crippen LogP contribution in [-0.2, 0) is 4.74 Å². The minimum absolute atomic E-state index is 0.148. The first-order chi connectivity index (χ1) is 10.7. The van der Waals surface area contributed by atoms with E-state index in [0.29, 0.717) is 0 Å². The average Bonchev–Trinajstić information content (AvgIpc) is 3.33. The zero-order valence-electron chi connectivity index (χ0n) is 12.0. The molecule has 1 fully saturated rings. The third kappa shape index (κ3) is 1.44. The van der Waals surface area contributed by atoms with Gasteiger partial charge in [0.15, 0.2) is 0 Å². The van der Waals surface area contributed by atoms with E-state index in [9.17, 15) is 10.2 Å². The van der Waals surface area contributed by atoms with Crippen molar-refractivity contribution < 1.29 is 14.9 Å². The van der Waals surface area contributed by atoms with Crippen LogP contribution in [0.3, 0.4) is 0 Å². The number of para-hydroxylation sites is 1. The fraction of sp³-hybridized carbons (Fsp3) is 0.278. The van der Waals surface area contributed by atoms with Gasteiger partial charge >= 0.3 is 0 Å². The summed E-state index contributed by atoms with van der Waals surface area (Å²) in [4.78, 5) is 4.82. The molecule has 0 radical (unpaired) electrons. The molecule has 4 heteroatoms. The van der Waals surface area contributed by atoms with Gasteiger partial charge in [-0.3, -0.25) is 0 Å². The molecule has 3 aromatic rings. The van der Waals surface area contributed by atoms with Gasteiger partial charge in [-0.25, -0.2) is 4.98 Å². The van der Waals surface area contributed by atoms with Crippen LogP contribution in [0.1, 0.15) is 28.9 Å². The summed E-state index contributed by atoms with van der Waals surface area (Å²) < 4.78 is 5.60. The topological polar surface area (TPSA) is 65.9 Å². The van der Waals surface area contributed by atoms with Crippen LogP contribution in [0.15, 0.2) is 36.4 Å². The van der Waals surface area contributed by atoms with E-state index in [4.69, 9.17) is 9.72 Å². The molecule has 110 valence electrons. The summed E-state index contributed by atoms with van der Waals surface area (Å²) in [6.07, 6.45) is -2.21. The number of hydrogen-bond donors (Lipinski definition) is 2. The van der Waals surface area contributed by atoms with Crippen LogP contribution >= 0.6 is 0 Å². The molecule has 4 atom stereocenters. The second kappa shape index (κ2) is 4.04. The minimum Gasteiger partial charge on any atom is -0.387 e. The number of benzene rings is 2. The number of aliphatic hydroxyl groups is 2. The number of pyridine rings is 1. The van der Waals surface area contributed by atoms with E-state index in [1.165, 1.54) is 5.56 Å². The molecule has 0 amide bonds. The third-order valence-electron chi connectivity index (χ3n) is 4.98. The summed E-state index contributed by atoms with van der Waals surface area (Å²) >= 11 is 0. The molecule has 2 N–H and O–H groups in total. The Morgan fingerprint density at radius 1 is 1.05 bits per heavy atom. The van der Waals surface area contributed by atoms with E-state index in [1.807, 2.05) is 30.3 Å². The number of fused-ring (bicyclic) bond motifs is 6. The van der Waals surface area contributed by atoms with E-state index < -0.39 is 12.2 Å². The van der Waals surface area contributed by atoms with E-state index in [2.05, 4.69) is 13.0 Å². The van der Waals surface area contributed by atoms with Gasteiger partial charge in [0.05, 0.1) is 11.0 Å². The summed E-state index contributed by atoms with van der Waals surface area (Å²) in [5, 5.41) is 22.6. The Labute approximate surface area is 127 Å². The number of hydrogen-bond acceptors (Lipinski definition) is 4. The van der Waals surface area contributed by atoms with Crippen molar-refractivity contribution in [1.82, 2.24) is 4.98 Å². The van der Waals surface area contributed by atoms with Crippen LogP contribution in [0, 0.1) is 6.92 Å². The normalized spacial score (nSPS) is 29.4. The van der Waals surface area contributed by atoms with E-state index in [-0.39, 0.29) is 12.2 Å². The standard InChI is InChI=1S/C18H15NO3/c1-8-9-4-2-3-5-12(9)19-14-10(8)6-7-11-13(14)17-18(22-17)16(21)15(11)20/h2-7,15-18,20-21H,1H3. The largest absolute Gasteiger partial charge is 0.387 e. The fourth-order valence-corrected chi connectivity index (χ4v) is 3.74. The Morgan fingerprint density at radius 2 is 1.86 bits per heavy atom. The van der Waals surface area contributed by atoms with Gasteiger partial charge in [0.25, 0.3) is 0 Å². The van der Waals surface area contributed by atoms with Crippen LogP contribution in [0.25, 0.3) is 21.8 Å². The molecule has 0 bridgehead atoms. The number of rotatable bonds is 0. The first kappa shape index (κ1) is 12.5. The zero-order chi connectivity index (χ0) is 15.0. The quantitative estimate of drug-likeness (QED) is 0.494. The number of nitrogens with zero attached hydrogens (tertiary/aromatic N) is 1. The molecule has 2 aromatic carbocycles. The van der Waals surface area contributed by atoms with E-state index >= 15 is 0 Å². The number of aliphatic hydroxyl groups excluding tert-OH is 2. The molecule has 1 aromatic heterocycles. The predicted octanol–water partition coefficient (Wildman–Crippen LogP) is 2.54. The maximum absolute atomic E-state index is 10.3. The van der Waals surface area contributed by atoms with Crippen molar-refractivity contribution in [2.24, 2.45) is 0 Å². The van der Waals surface area contributed by atoms with Gasteiger partial charge in [0.1, 0.15) is 24.4 Å². The molecule has 4 unspecified atom stereocenters. The highest BCUT2D eigenvalue weighted by Crippen LogP contribution is 2.52. The lowest BCUT2D eigenvalue weighted by atomic mass is 9.85. The second-order valence-corrected chi connectivity index (χ2v) is 6.18. The van der Waals surface area contributed by atoms with Crippen LogP contribution < -0.4 is 0 Å². The van der Waals surface area contributed by atoms with Gasteiger partial charge in [-0.15, -0.1) is 0 Å². The Morgan fingerprint density at radius 3 is 2.73 bits per heavy atom. The van der Waals surface area contributed by atoms with Gasteiger partial charge in [0.2, 0.25) is 0 Å². The molecular weight excluding hydrogens is 278 g/mol. The maximum Gasteiger partial charge on any atom is 0.118 e. The number of aromatic nitrogens is 1. The van der Waals surface area contributed by atoms with Crippen molar-refractivity contribution in [1.29, 1.82) is 0 Å². The van der Waals surface area contributed by atoms with Crippen LogP contribution in [0.4, 0.5) is 0 Å². The van der Waals surface area contributed by atoms with Gasteiger partial charge < -0.3 is 14.9 Å². The molecule has 0 saturated carbocycles. The highest BCUT2D eigenvalue weighted by molar-refractivity contribution is 5.99. The summed E-state index contributed by atoms with van der Waals surface area (Å²) in [6.45, 7) is 2.10. The first-order valence-electron chi connectivity index (χ1n) is 7.50. The zero-order valence-corrected chi connectivity index (χ0v) is 12.0. The number of aryl methyl sites for hydroxylation is 1. The minimum atomic E-state index is -0.906. The van der Waals surface area contributed by atoms with Crippen molar-refractivity contribution in [2.45, 2.75) is 31.3 Å². The lowest BCUT2D eigenvalue weighted by Crippen LogP contribution is -2.29. The SMILES string of the molecule is Cc1c2ccccc2nc2c3c(ccc12)C(O)C(O)C1OC31. The average molecular weight is 293 g/mol. The summed E-state index contributed by atoms with van der Waals surface area (Å²) in [7, 11) is 0. The Bertz CT molecular complexity index is 936. The summed E-state index contributed by atoms with van der Waals surface area (Å²) in [5.74, 6) is 0. The highest BCUT2D eigenvalue weighted by atomic mass is 16.6. The molecule has 4 nitrogen and oxygen atoms in total.